The van der Waals surface area contributed by atoms with Crippen LogP contribution in [0.2, 0.25) is 0 Å². The average Bonchev–Trinajstić information content (AvgIpc) is 3.18. The predicted octanol–water partition coefficient (Wildman–Crippen LogP) is 3.16. The van der Waals surface area contributed by atoms with Crippen molar-refractivity contribution in [3.63, 3.8) is 0 Å². The zero-order chi connectivity index (χ0) is 13.8. The number of furan rings is 1. The Morgan fingerprint density at radius 3 is 2.90 bits per heavy atom. The van der Waals surface area contributed by atoms with Gasteiger partial charge in [-0.25, -0.2) is 4.98 Å². The number of hydrogen-bond donors (Lipinski definition) is 1. The van der Waals surface area contributed by atoms with Crippen molar-refractivity contribution in [1.29, 1.82) is 0 Å². The highest BCUT2D eigenvalue weighted by atomic mass is 32.1. The standard InChI is InChI=1S/C14H13N3O2S/c18-13(16-14-15-5-9-20-14)10-11(12-4-3-8-19-12)17-6-1-2-7-17/h1-9,11H,10H2,(H,15,16,18)/t11-/m1/s1. The number of thiazole rings is 1. The van der Waals surface area contributed by atoms with Gasteiger partial charge in [-0.05, 0) is 24.3 Å². The lowest BCUT2D eigenvalue weighted by Gasteiger charge is -2.16. The van der Waals surface area contributed by atoms with Crippen LogP contribution in [0.4, 0.5) is 5.13 Å². The van der Waals surface area contributed by atoms with Crippen molar-refractivity contribution >= 4 is 22.4 Å². The fourth-order valence-corrected chi connectivity index (χ4v) is 2.57. The maximum absolute atomic E-state index is 12.1. The van der Waals surface area contributed by atoms with E-state index in [9.17, 15) is 4.79 Å². The van der Waals surface area contributed by atoms with Crippen LogP contribution in [0.1, 0.15) is 18.2 Å². The van der Waals surface area contributed by atoms with Crippen LogP contribution >= 0.6 is 11.3 Å². The van der Waals surface area contributed by atoms with Crippen LogP contribution in [-0.4, -0.2) is 15.5 Å². The van der Waals surface area contributed by atoms with Gasteiger partial charge >= 0.3 is 0 Å². The average molecular weight is 287 g/mol. The van der Waals surface area contributed by atoms with E-state index >= 15 is 0 Å². The quantitative estimate of drug-likeness (QED) is 0.784. The normalized spacial score (nSPS) is 12.2. The molecule has 5 nitrogen and oxygen atoms in total. The second-order valence-corrected chi connectivity index (χ2v) is 5.15. The highest BCUT2D eigenvalue weighted by molar-refractivity contribution is 7.13. The van der Waals surface area contributed by atoms with E-state index in [4.69, 9.17) is 4.42 Å². The van der Waals surface area contributed by atoms with E-state index < -0.39 is 0 Å². The van der Waals surface area contributed by atoms with E-state index in [1.54, 1.807) is 12.5 Å². The van der Waals surface area contributed by atoms with E-state index in [1.807, 2.05) is 46.6 Å². The number of carbonyl (C=O) groups excluding carboxylic acids is 1. The minimum atomic E-state index is -0.153. The maximum Gasteiger partial charge on any atom is 0.228 e. The molecule has 3 rings (SSSR count). The Hall–Kier alpha value is -2.34. The van der Waals surface area contributed by atoms with Crippen LogP contribution < -0.4 is 5.32 Å². The minimum Gasteiger partial charge on any atom is -0.467 e. The van der Waals surface area contributed by atoms with Gasteiger partial charge in [0.25, 0.3) is 0 Å². The van der Waals surface area contributed by atoms with E-state index in [1.165, 1.54) is 11.3 Å². The molecule has 0 radical (unpaired) electrons. The number of aromatic nitrogens is 2. The Morgan fingerprint density at radius 1 is 1.40 bits per heavy atom. The summed E-state index contributed by atoms with van der Waals surface area (Å²) in [6.45, 7) is 0. The molecule has 1 atom stereocenters. The highest BCUT2D eigenvalue weighted by Gasteiger charge is 2.20. The topological polar surface area (TPSA) is 60.1 Å². The monoisotopic (exact) mass is 287 g/mol. The predicted molar refractivity (Wildman–Crippen MR) is 76.6 cm³/mol. The van der Waals surface area contributed by atoms with Crippen molar-refractivity contribution in [3.05, 3.63) is 60.3 Å². The molecule has 1 N–H and O–H groups in total. The van der Waals surface area contributed by atoms with Gasteiger partial charge in [-0.2, -0.15) is 0 Å². The van der Waals surface area contributed by atoms with Gasteiger partial charge < -0.3 is 14.3 Å². The lowest BCUT2D eigenvalue weighted by Crippen LogP contribution is -2.19. The molecule has 0 spiro atoms. The lowest BCUT2D eigenvalue weighted by atomic mass is 10.1. The van der Waals surface area contributed by atoms with Crippen LogP contribution in [0.25, 0.3) is 0 Å². The van der Waals surface area contributed by atoms with Gasteiger partial charge in [0.15, 0.2) is 5.13 Å². The number of amides is 1. The molecule has 3 aromatic rings. The maximum atomic E-state index is 12.1. The summed E-state index contributed by atoms with van der Waals surface area (Å²) in [4.78, 5) is 16.2. The van der Waals surface area contributed by atoms with Crippen molar-refractivity contribution in [3.8, 4) is 0 Å². The van der Waals surface area contributed by atoms with Crippen LogP contribution in [0.3, 0.4) is 0 Å². The first-order chi connectivity index (χ1) is 9.83. The number of nitrogens with zero attached hydrogens (tertiary/aromatic N) is 2. The second kappa shape index (κ2) is 5.75. The smallest absolute Gasteiger partial charge is 0.228 e. The molecule has 20 heavy (non-hydrogen) atoms. The fraction of sp³-hybridized carbons (Fsp3) is 0.143. The molecule has 0 aromatic carbocycles. The van der Waals surface area contributed by atoms with E-state index in [0.29, 0.717) is 11.6 Å². The molecular formula is C14H13N3O2S. The van der Waals surface area contributed by atoms with Gasteiger partial charge in [0.2, 0.25) is 5.91 Å². The van der Waals surface area contributed by atoms with Gasteiger partial charge in [-0.15, -0.1) is 11.3 Å². The first-order valence-corrected chi connectivity index (χ1v) is 7.06. The molecule has 6 heteroatoms. The Kier molecular flexibility index (Phi) is 3.64. The SMILES string of the molecule is O=C(C[C@H](c1ccco1)n1cccc1)Nc1nccs1. The van der Waals surface area contributed by atoms with E-state index in [2.05, 4.69) is 10.3 Å². The molecule has 0 fully saturated rings. The zero-order valence-corrected chi connectivity index (χ0v) is 11.4. The summed E-state index contributed by atoms with van der Waals surface area (Å²) in [5.74, 6) is 0.672. The Balaban J connectivity index is 1.75. The summed E-state index contributed by atoms with van der Waals surface area (Å²) in [5.41, 5.74) is 0. The summed E-state index contributed by atoms with van der Waals surface area (Å²) in [5, 5.41) is 5.23. The highest BCUT2D eigenvalue weighted by Crippen LogP contribution is 2.23. The first kappa shape index (κ1) is 12.7. The number of carbonyl (C=O) groups is 1. The molecule has 0 saturated heterocycles. The fourth-order valence-electron chi connectivity index (χ4n) is 2.02. The molecule has 0 aliphatic heterocycles. The van der Waals surface area contributed by atoms with E-state index in [0.717, 1.165) is 5.76 Å². The molecule has 102 valence electrons. The molecule has 0 aliphatic rings. The molecule has 3 aromatic heterocycles. The Labute approximate surface area is 119 Å². The molecule has 0 unspecified atom stereocenters. The number of nitrogens with one attached hydrogen (secondary N) is 1. The summed E-state index contributed by atoms with van der Waals surface area (Å²) in [6, 6.07) is 7.40. The third kappa shape index (κ3) is 2.80. The molecule has 0 saturated carbocycles. The van der Waals surface area contributed by atoms with Crippen molar-refractivity contribution in [1.82, 2.24) is 9.55 Å². The van der Waals surface area contributed by atoms with Crippen molar-refractivity contribution < 1.29 is 9.21 Å². The van der Waals surface area contributed by atoms with Crippen molar-refractivity contribution in [2.75, 3.05) is 5.32 Å². The molecule has 1 amide bonds. The summed E-state index contributed by atoms with van der Waals surface area (Å²) >= 11 is 1.40. The van der Waals surface area contributed by atoms with Crippen molar-refractivity contribution in [2.24, 2.45) is 0 Å². The van der Waals surface area contributed by atoms with Crippen LogP contribution in [0.5, 0.6) is 0 Å². The van der Waals surface area contributed by atoms with Gasteiger partial charge in [-0.1, -0.05) is 0 Å². The van der Waals surface area contributed by atoms with E-state index in [-0.39, 0.29) is 11.9 Å². The molecule has 0 aliphatic carbocycles. The van der Waals surface area contributed by atoms with Crippen molar-refractivity contribution in [2.45, 2.75) is 12.5 Å². The van der Waals surface area contributed by atoms with Gasteiger partial charge in [0.05, 0.1) is 18.7 Å². The van der Waals surface area contributed by atoms with Crippen LogP contribution in [0, 0.1) is 0 Å². The summed E-state index contributed by atoms with van der Waals surface area (Å²) < 4.78 is 7.40. The zero-order valence-electron chi connectivity index (χ0n) is 10.6. The Bertz CT molecular complexity index is 610. The largest absolute Gasteiger partial charge is 0.467 e. The third-order valence-corrected chi connectivity index (χ3v) is 3.60. The number of hydrogen-bond acceptors (Lipinski definition) is 4. The molecule has 3 heterocycles. The third-order valence-electron chi connectivity index (χ3n) is 2.92. The molecular weight excluding hydrogens is 274 g/mol. The summed E-state index contributed by atoms with van der Waals surface area (Å²) in [6.07, 6.45) is 7.41. The first-order valence-electron chi connectivity index (χ1n) is 6.18. The number of rotatable bonds is 5. The van der Waals surface area contributed by atoms with Gasteiger partial charge in [-0.3, -0.25) is 4.79 Å². The molecule has 0 bridgehead atoms. The lowest BCUT2D eigenvalue weighted by molar-refractivity contribution is -0.116. The second-order valence-electron chi connectivity index (χ2n) is 4.25. The number of anilines is 1. The van der Waals surface area contributed by atoms with Crippen LogP contribution in [0.15, 0.2) is 58.9 Å². The summed E-state index contributed by atoms with van der Waals surface area (Å²) in [7, 11) is 0. The van der Waals surface area contributed by atoms with Gasteiger partial charge in [0.1, 0.15) is 5.76 Å². The van der Waals surface area contributed by atoms with Gasteiger partial charge in [0, 0.05) is 24.0 Å². The minimum absolute atomic E-state index is 0.0879. The Morgan fingerprint density at radius 2 is 2.25 bits per heavy atom. The van der Waals surface area contributed by atoms with Crippen LogP contribution in [-0.2, 0) is 4.79 Å².